The lowest BCUT2D eigenvalue weighted by molar-refractivity contribution is 0.100. The molecule has 43 heavy (non-hydrogen) atoms. The highest BCUT2D eigenvalue weighted by atomic mass is 16.5. The Kier molecular flexibility index (Phi) is 8.02. The van der Waals surface area contributed by atoms with E-state index in [9.17, 15) is 4.79 Å². The second kappa shape index (κ2) is 12.1. The van der Waals surface area contributed by atoms with Gasteiger partial charge in [-0.25, -0.2) is 19.9 Å². The standard InChI is InChI=1S/C15H14N4O3.C15H12N4O2/c1-21-11-4-3-8(5-12(11)22-2)10-7-18-15-13(19-10)9(6-17-15)14(16)20;1-20-12-4-3-9(5-13(12)21-2)11-8-18-15-14(19-11)10(6-16)7-17-15/h3-7H,1-2H3,(H2,16,20)(H,17,18);3-5,7-8H,1-2H3,(H,17,18). The van der Waals surface area contributed by atoms with Crippen molar-refractivity contribution >= 4 is 28.2 Å². The van der Waals surface area contributed by atoms with Gasteiger partial charge in [-0.3, -0.25) is 4.79 Å². The third kappa shape index (κ3) is 5.57. The Hall–Kier alpha value is -6.16. The molecule has 13 heteroatoms. The van der Waals surface area contributed by atoms with Gasteiger partial charge in [0, 0.05) is 23.5 Å². The van der Waals surface area contributed by atoms with Gasteiger partial charge >= 0.3 is 0 Å². The lowest BCUT2D eigenvalue weighted by Crippen LogP contribution is -2.10. The number of nitriles is 1. The normalized spacial score (nSPS) is 10.5. The van der Waals surface area contributed by atoms with Gasteiger partial charge in [0.15, 0.2) is 34.3 Å². The van der Waals surface area contributed by atoms with Crippen LogP contribution in [0, 0.1) is 11.3 Å². The molecule has 2 aromatic carbocycles. The lowest BCUT2D eigenvalue weighted by atomic mass is 10.1. The van der Waals surface area contributed by atoms with Gasteiger partial charge in [-0.1, -0.05) is 0 Å². The minimum atomic E-state index is -0.551. The summed E-state index contributed by atoms with van der Waals surface area (Å²) >= 11 is 0. The molecule has 6 rings (SSSR count). The number of amides is 1. The van der Waals surface area contributed by atoms with Gasteiger partial charge < -0.3 is 34.6 Å². The minimum Gasteiger partial charge on any atom is -0.493 e. The number of nitrogens with two attached hydrogens (primary N) is 1. The molecule has 0 fully saturated rings. The van der Waals surface area contributed by atoms with Crippen LogP contribution in [-0.4, -0.2) is 64.3 Å². The van der Waals surface area contributed by atoms with E-state index in [0.717, 1.165) is 11.1 Å². The van der Waals surface area contributed by atoms with Crippen LogP contribution in [0.1, 0.15) is 15.9 Å². The molecule has 0 unspecified atom stereocenters. The topological polar surface area (TPSA) is 187 Å². The van der Waals surface area contributed by atoms with E-state index in [1.165, 1.54) is 6.20 Å². The highest BCUT2D eigenvalue weighted by Crippen LogP contribution is 2.33. The van der Waals surface area contributed by atoms with Gasteiger partial charge in [-0.05, 0) is 36.4 Å². The van der Waals surface area contributed by atoms with Crippen molar-refractivity contribution in [1.82, 2.24) is 29.9 Å². The number of nitrogens with zero attached hydrogens (tertiary/aromatic N) is 5. The number of aromatic amines is 2. The van der Waals surface area contributed by atoms with E-state index in [4.69, 9.17) is 29.9 Å². The maximum atomic E-state index is 11.4. The van der Waals surface area contributed by atoms with Crippen LogP contribution in [0.2, 0.25) is 0 Å². The van der Waals surface area contributed by atoms with E-state index in [1.54, 1.807) is 59.2 Å². The van der Waals surface area contributed by atoms with E-state index in [2.05, 4.69) is 36.0 Å². The van der Waals surface area contributed by atoms with E-state index in [1.807, 2.05) is 24.3 Å². The number of hydrogen-bond acceptors (Lipinski definition) is 10. The van der Waals surface area contributed by atoms with Crippen molar-refractivity contribution in [3.63, 3.8) is 0 Å². The fourth-order valence-corrected chi connectivity index (χ4v) is 4.33. The van der Waals surface area contributed by atoms with Crippen LogP contribution >= 0.6 is 0 Å². The first-order valence-electron chi connectivity index (χ1n) is 12.7. The smallest absolute Gasteiger partial charge is 0.252 e. The summed E-state index contributed by atoms with van der Waals surface area (Å²) in [6, 6.07) is 13.0. The number of ether oxygens (including phenoxy) is 4. The average molecular weight is 579 g/mol. The number of fused-ring (bicyclic) bond motifs is 2. The Morgan fingerprint density at radius 3 is 1.72 bits per heavy atom. The molecule has 0 saturated heterocycles. The predicted octanol–water partition coefficient (Wildman–Crippen LogP) is 4.25. The van der Waals surface area contributed by atoms with Crippen molar-refractivity contribution in [2.24, 2.45) is 5.73 Å². The quantitative estimate of drug-likeness (QED) is 0.247. The van der Waals surface area contributed by atoms with Crippen molar-refractivity contribution in [2.45, 2.75) is 0 Å². The average Bonchev–Trinajstić information content (AvgIpc) is 3.67. The molecule has 0 aliphatic rings. The molecule has 4 aromatic heterocycles. The van der Waals surface area contributed by atoms with Crippen molar-refractivity contribution in [1.29, 1.82) is 5.26 Å². The highest BCUT2D eigenvalue weighted by Gasteiger charge is 2.14. The molecular weight excluding hydrogens is 552 g/mol. The number of nitrogens with one attached hydrogen (secondary N) is 2. The molecule has 0 spiro atoms. The SMILES string of the molecule is COc1ccc(-c2cnc3[nH]cc(C#N)c3n2)cc1OC.COc1ccc(-c2cnc3[nH]cc(C(N)=O)c3n2)cc1OC. The van der Waals surface area contributed by atoms with Gasteiger partial charge in [-0.15, -0.1) is 0 Å². The first kappa shape index (κ1) is 28.4. The summed E-state index contributed by atoms with van der Waals surface area (Å²) in [5.41, 5.74) is 11.1. The van der Waals surface area contributed by atoms with E-state index in [0.29, 0.717) is 67.8 Å². The molecule has 6 aromatic rings. The Balaban J connectivity index is 0.000000171. The van der Waals surface area contributed by atoms with Crippen LogP contribution in [0.5, 0.6) is 23.0 Å². The number of methoxy groups -OCH3 is 4. The molecule has 4 heterocycles. The fraction of sp³-hybridized carbons (Fsp3) is 0.133. The zero-order valence-corrected chi connectivity index (χ0v) is 23.6. The van der Waals surface area contributed by atoms with Crippen LogP contribution in [0.3, 0.4) is 0 Å². The number of hydrogen-bond donors (Lipinski definition) is 3. The van der Waals surface area contributed by atoms with Crippen molar-refractivity contribution in [3.8, 4) is 51.6 Å². The minimum absolute atomic E-state index is 0.310. The number of carbonyl (C=O) groups excluding carboxylic acids is 1. The fourth-order valence-electron chi connectivity index (χ4n) is 4.33. The first-order valence-corrected chi connectivity index (χ1v) is 12.7. The lowest BCUT2D eigenvalue weighted by Gasteiger charge is -2.09. The molecular formula is C30H26N8O5. The van der Waals surface area contributed by atoms with Gasteiger partial charge in [0.25, 0.3) is 5.91 Å². The third-order valence-electron chi connectivity index (χ3n) is 6.51. The summed E-state index contributed by atoms with van der Waals surface area (Å²) in [4.78, 5) is 34.7. The number of benzene rings is 2. The summed E-state index contributed by atoms with van der Waals surface area (Å²) in [6.45, 7) is 0. The van der Waals surface area contributed by atoms with Gasteiger partial charge in [0.2, 0.25) is 0 Å². The second-order valence-corrected chi connectivity index (χ2v) is 8.93. The molecule has 0 aliphatic heterocycles. The Morgan fingerprint density at radius 2 is 1.23 bits per heavy atom. The van der Waals surface area contributed by atoms with Gasteiger partial charge in [-0.2, -0.15) is 5.26 Å². The number of rotatable bonds is 7. The van der Waals surface area contributed by atoms with Gasteiger partial charge in [0.05, 0.1) is 63.3 Å². The van der Waals surface area contributed by atoms with Crippen molar-refractivity contribution in [3.05, 3.63) is 72.3 Å². The highest BCUT2D eigenvalue weighted by molar-refractivity contribution is 6.03. The Morgan fingerprint density at radius 1 is 0.744 bits per heavy atom. The Labute approximate surface area is 245 Å². The molecule has 1 amide bonds. The van der Waals surface area contributed by atoms with Crippen LogP contribution in [0.25, 0.3) is 44.8 Å². The van der Waals surface area contributed by atoms with Crippen molar-refractivity contribution < 1.29 is 23.7 Å². The second-order valence-electron chi connectivity index (χ2n) is 8.93. The van der Waals surface area contributed by atoms with E-state index >= 15 is 0 Å². The summed E-state index contributed by atoms with van der Waals surface area (Å²) < 4.78 is 21.0. The van der Waals surface area contributed by atoms with Crippen LogP contribution in [0.4, 0.5) is 0 Å². The monoisotopic (exact) mass is 578 g/mol. The van der Waals surface area contributed by atoms with Crippen molar-refractivity contribution in [2.75, 3.05) is 28.4 Å². The molecule has 216 valence electrons. The van der Waals surface area contributed by atoms with Crippen LogP contribution < -0.4 is 24.7 Å². The maximum Gasteiger partial charge on any atom is 0.252 e. The molecule has 13 nitrogen and oxygen atoms in total. The summed E-state index contributed by atoms with van der Waals surface area (Å²) in [5.74, 6) is 1.93. The number of H-pyrrole nitrogens is 2. The van der Waals surface area contributed by atoms with E-state index in [-0.39, 0.29) is 0 Å². The molecule has 4 N–H and O–H groups in total. The zero-order valence-electron chi connectivity index (χ0n) is 23.6. The largest absolute Gasteiger partial charge is 0.493 e. The van der Waals surface area contributed by atoms with E-state index < -0.39 is 5.91 Å². The number of primary amides is 1. The Bertz CT molecular complexity index is 1990. The third-order valence-corrected chi connectivity index (χ3v) is 6.51. The molecule has 0 bridgehead atoms. The zero-order chi connectivity index (χ0) is 30.5. The number of carbonyl (C=O) groups is 1. The van der Waals surface area contributed by atoms with Crippen LogP contribution in [0.15, 0.2) is 61.2 Å². The summed E-state index contributed by atoms with van der Waals surface area (Å²) in [7, 11) is 6.30. The van der Waals surface area contributed by atoms with Gasteiger partial charge in [0.1, 0.15) is 17.1 Å². The molecule has 0 aliphatic carbocycles. The predicted molar refractivity (Wildman–Crippen MR) is 158 cm³/mol. The number of aromatic nitrogens is 6. The summed E-state index contributed by atoms with van der Waals surface area (Å²) in [5, 5.41) is 9.06. The summed E-state index contributed by atoms with van der Waals surface area (Å²) in [6.07, 6.45) is 6.38. The first-order chi connectivity index (χ1) is 20.9. The maximum absolute atomic E-state index is 11.4. The molecule has 0 atom stereocenters. The van der Waals surface area contributed by atoms with Crippen LogP contribution in [-0.2, 0) is 0 Å². The molecule has 0 radical (unpaired) electrons. The molecule has 0 saturated carbocycles.